The molecule has 0 saturated carbocycles. The standard InChI is InChI=1S/C13H18N2OS2/c1-9(6-7-16-2)14-10-4-5-11-12(8-10)18-13(15-11)17-3/h4-5,8-9,14H,6-7H2,1-3H3. The van der Waals surface area contributed by atoms with E-state index in [4.69, 9.17) is 4.74 Å². The number of fused-ring (bicyclic) bond motifs is 1. The number of thioether (sulfide) groups is 1. The normalized spacial score (nSPS) is 12.8. The number of nitrogens with one attached hydrogen (secondary N) is 1. The van der Waals surface area contributed by atoms with Crippen LogP contribution in [0.5, 0.6) is 0 Å². The highest BCUT2D eigenvalue weighted by Gasteiger charge is 2.06. The van der Waals surface area contributed by atoms with E-state index in [1.54, 1.807) is 30.2 Å². The monoisotopic (exact) mass is 282 g/mol. The smallest absolute Gasteiger partial charge is 0.150 e. The zero-order valence-corrected chi connectivity index (χ0v) is 12.5. The first kappa shape index (κ1) is 13.6. The van der Waals surface area contributed by atoms with Gasteiger partial charge in [-0.1, -0.05) is 11.8 Å². The Morgan fingerprint density at radius 2 is 2.33 bits per heavy atom. The Kier molecular flexibility index (Phi) is 4.86. The van der Waals surface area contributed by atoms with Crippen LogP contribution in [-0.2, 0) is 4.74 Å². The van der Waals surface area contributed by atoms with Crippen molar-refractivity contribution in [3.63, 3.8) is 0 Å². The molecule has 1 atom stereocenters. The van der Waals surface area contributed by atoms with Crippen LogP contribution < -0.4 is 5.32 Å². The third kappa shape index (κ3) is 3.37. The maximum absolute atomic E-state index is 5.09. The lowest BCUT2D eigenvalue weighted by atomic mass is 10.2. The molecule has 18 heavy (non-hydrogen) atoms. The van der Waals surface area contributed by atoms with Gasteiger partial charge in [0.25, 0.3) is 0 Å². The van der Waals surface area contributed by atoms with Crippen molar-refractivity contribution in [2.45, 2.75) is 23.7 Å². The van der Waals surface area contributed by atoms with Gasteiger partial charge in [-0.2, -0.15) is 0 Å². The van der Waals surface area contributed by atoms with Crippen LogP contribution in [0.15, 0.2) is 22.5 Å². The highest BCUT2D eigenvalue weighted by atomic mass is 32.2. The van der Waals surface area contributed by atoms with Crippen LogP contribution in [0.1, 0.15) is 13.3 Å². The highest BCUT2D eigenvalue weighted by Crippen LogP contribution is 2.30. The van der Waals surface area contributed by atoms with Gasteiger partial charge in [-0.25, -0.2) is 4.98 Å². The molecule has 1 aromatic carbocycles. The van der Waals surface area contributed by atoms with Crippen molar-refractivity contribution >= 4 is 39.0 Å². The average molecular weight is 282 g/mol. The molecular weight excluding hydrogens is 264 g/mol. The molecule has 0 aliphatic carbocycles. The molecular formula is C13H18N2OS2. The molecule has 1 aromatic heterocycles. The second kappa shape index (κ2) is 6.41. The molecule has 0 amide bonds. The summed E-state index contributed by atoms with van der Waals surface area (Å²) < 4.78 is 7.45. The van der Waals surface area contributed by atoms with Crippen LogP contribution in [0.4, 0.5) is 5.69 Å². The second-order valence-corrected chi connectivity index (χ2v) is 6.28. The van der Waals surface area contributed by atoms with E-state index >= 15 is 0 Å². The minimum Gasteiger partial charge on any atom is -0.385 e. The zero-order valence-electron chi connectivity index (χ0n) is 10.9. The first-order valence-corrected chi connectivity index (χ1v) is 7.97. The summed E-state index contributed by atoms with van der Waals surface area (Å²) in [4.78, 5) is 4.53. The number of benzene rings is 1. The molecule has 0 spiro atoms. The van der Waals surface area contributed by atoms with Crippen molar-refractivity contribution in [2.75, 3.05) is 25.3 Å². The third-order valence-corrected chi connectivity index (χ3v) is 4.71. The van der Waals surface area contributed by atoms with Gasteiger partial charge in [0.2, 0.25) is 0 Å². The molecule has 0 bridgehead atoms. The molecule has 1 N–H and O–H groups in total. The Morgan fingerprint density at radius 1 is 1.50 bits per heavy atom. The van der Waals surface area contributed by atoms with Gasteiger partial charge in [0.05, 0.1) is 10.2 Å². The fourth-order valence-electron chi connectivity index (χ4n) is 1.73. The summed E-state index contributed by atoms with van der Waals surface area (Å²) in [6, 6.07) is 6.76. The highest BCUT2D eigenvalue weighted by molar-refractivity contribution is 8.00. The summed E-state index contributed by atoms with van der Waals surface area (Å²) in [5.41, 5.74) is 2.24. The molecule has 98 valence electrons. The van der Waals surface area contributed by atoms with Gasteiger partial charge in [0.15, 0.2) is 4.34 Å². The van der Waals surface area contributed by atoms with Crippen molar-refractivity contribution < 1.29 is 4.74 Å². The zero-order chi connectivity index (χ0) is 13.0. The average Bonchev–Trinajstić information content (AvgIpc) is 2.78. The van der Waals surface area contributed by atoms with Crippen LogP contribution in [0, 0.1) is 0 Å². The van der Waals surface area contributed by atoms with E-state index in [1.807, 2.05) is 0 Å². The van der Waals surface area contributed by atoms with Crippen molar-refractivity contribution in [1.29, 1.82) is 0 Å². The van der Waals surface area contributed by atoms with E-state index in [0.29, 0.717) is 6.04 Å². The van der Waals surface area contributed by atoms with Gasteiger partial charge in [-0.05, 0) is 37.8 Å². The van der Waals surface area contributed by atoms with E-state index in [-0.39, 0.29) is 0 Å². The Bertz CT molecular complexity index is 513. The van der Waals surface area contributed by atoms with E-state index in [2.05, 4.69) is 41.7 Å². The van der Waals surface area contributed by atoms with E-state index in [1.165, 1.54) is 4.70 Å². The molecule has 0 fully saturated rings. The summed E-state index contributed by atoms with van der Waals surface area (Å²) in [7, 11) is 1.74. The number of nitrogens with zero attached hydrogens (tertiary/aromatic N) is 1. The predicted molar refractivity (Wildman–Crippen MR) is 81.0 cm³/mol. The molecule has 1 unspecified atom stereocenters. The van der Waals surface area contributed by atoms with E-state index in [0.717, 1.165) is 28.6 Å². The number of rotatable bonds is 6. The minimum absolute atomic E-state index is 0.412. The number of thiazole rings is 1. The summed E-state index contributed by atoms with van der Waals surface area (Å²) in [6.07, 6.45) is 3.07. The topological polar surface area (TPSA) is 34.1 Å². The quantitative estimate of drug-likeness (QED) is 0.816. The van der Waals surface area contributed by atoms with Gasteiger partial charge < -0.3 is 10.1 Å². The lowest BCUT2D eigenvalue weighted by molar-refractivity contribution is 0.191. The second-order valence-electron chi connectivity index (χ2n) is 4.19. The number of aromatic nitrogens is 1. The largest absolute Gasteiger partial charge is 0.385 e. The summed E-state index contributed by atoms with van der Waals surface area (Å²) in [5.74, 6) is 0. The Morgan fingerprint density at radius 3 is 3.06 bits per heavy atom. The minimum atomic E-state index is 0.412. The van der Waals surface area contributed by atoms with Crippen molar-refractivity contribution in [3.8, 4) is 0 Å². The molecule has 1 heterocycles. The molecule has 0 radical (unpaired) electrons. The van der Waals surface area contributed by atoms with Crippen molar-refractivity contribution in [1.82, 2.24) is 4.98 Å². The third-order valence-electron chi connectivity index (χ3n) is 2.71. The summed E-state index contributed by atoms with van der Waals surface area (Å²) in [6.45, 7) is 2.96. The lowest BCUT2D eigenvalue weighted by Gasteiger charge is -2.14. The molecule has 2 aromatic rings. The Hall–Kier alpha value is -0.780. The number of methoxy groups -OCH3 is 1. The fraction of sp³-hybridized carbons (Fsp3) is 0.462. The van der Waals surface area contributed by atoms with Gasteiger partial charge in [0, 0.05) is 25.4 Å². The fourth-order valence-corrected chi connectivity index (χ4v) is 3.26. The molecule has 0 aliphatic heterocycles. The molecule has 5 heteroatoms. The van der Waals surface area contributed by atoms with E-state index in [9.17, 15) is 0 Å². The number of anilines is 1. The molecule has 0 aliphatic rings. The van der Waals surface area contributed by atoms with Crippen LogP contribution >= 0.6 is 23.1 Å². The van der Waals surface area contributed by atoms with Crippen molar-refractivity contribution in [2.24, 2.45) is 0 Å². The first-order valence-electron chi connectivity index (χ1n) is 5.93. The Balaban J connectivity index is 2.09. The maximum atomic E-state index is 5.09. The molecule has 3 nitrogen and oxygen atoms in total. The lowest BCUT2D eigenvalue weighted by Crippen LogP contribution is -2.16. The number of hydrogen-bond donors (Lipinski definition) is 1. The van der Waals surface area contributed by atoms with Crippen LogP contribution in [-0.4, -0.2) is 31.0 Å². The van der Waals surface area contributed by atoms with Crippen LogP contribution in [0.3, 0.4) is 0 Å². The van der Waals surface area contributed by atoms with Crippen LogP contribution in [0.2, 0.25) is 0 Å². The summed E-state index contributed by atoms with van der Waals surface area (Å²) in [5, 5.41) is 3.49. The SMILES string of the molecule is COCCC(C)Nc1ccc2nc(SC)sc2c1. The number of hydrogen-bond acceptors (Lipinski definition) is 5. The van der Waals surface area contributed by atoms with Gasteiger partial charge in [-0.3, -0.25) is 0 Å². The number of ether oxygens (including phenoxy) is 1. The molecule has 0 saturated heterocycles. The maximum Gasteiger partial charge on any atom is 0.150 e. The predicted octanol–water partition coefficient (Wildman–Crippen LogP) is 3.86. The first-order chi connectivity index (χ1) is 8.72. The van der Waals surface area contributed by atoms with Crippen molar-refractivity contribution in [3.05, 3.63) is 18.2 Å². The van der Waals surface area contributed by atoms with Gasteiger partial charge in [0.1, 0.15) is 0 Å². The van der Waals surface area contributed by atoms with Gasteiger partial charge in [-0.15, -0.1) is 11.3 Å². The summed E-state index contributed by atoms with van der Waals surface area (Å²) >= 11 is 3.44. The molecule has 2 rings (SSSR count). The van der Waals surface area contributed by atoms with E-state index < -0.39 is 0 Å². The Labute approximate surface area is 116 Å². The van der Waals surface area contributed by atoms with Gasteiger partial charge >= 0.3 is 0 Å². The van der Waals surface area contributed by atoms with Crippen LogP contribution in [0.25, 0.3) is 10.2 Å².